The number of rotatable bonds is 3. The summed E-state index contributed by atoms with van der Waals surface area (Å²) < 4.78 is 5.02. The van der Waals surface area contributed by atoms with Crippen LogP contribution in [0.5, 0.6) is 5.75 Å². The summed E-state index contributed by atoms with van der Waals surface area (Å²) in [6, 6.07) is 1.85. The largest absolute Gasteiger partial charge is 0.495 e. The van der Waals surface area contributed by atoms with Crippen molar-refractivity contribution in [3.8, 4) is 5.75 Å². The van der Waals surface area contributed by atoms with E-state index >= 15 is 0 Å². The third-order valence-corrected chi connectivity index (χ3v) is 2.51. The van der Waals surface area contributed by atoms with Gasteiger partial charge in [-0.15, -0.1) is 0 Å². The van der Waals surface area contributed by atoms with E-state index in [2.05, 4.69) is 4.98 Å². The van der Waals surface area contributed by atoms with E-state index in [1.54, 1.807) is 19.5 Å². The summed E-state index contributed by atoms with van der Waals surface area (Å²) in [6.07, 6.45) is 4.03. The topological polar surface area (TPSA) is 59.4 Å². The van der Waals surface area contributed by atoms with Gasteiger partial charge < -0.3 is 9.84 Å². The average Bonchev–Trinajstić information content (AvgIpc) is 2.97. The molecule has 74 valence electrons. The summed E-state index contributed by atoms with van der Waals surface area (Å²) in [5.74, 6) is -0.157. The number of carbonyl (C=O) groups is 1. The van der Waals surface area contributed by atoms with Crippen molar-refractivity contribution in [2.75, 3.05) is 7.11 Å². The minimum absolute atomic E-state index is 0.120. The Morgan fingerprint density at radius 1 is 1.64 bits per heavy atom. The molecule has 14 heavy (non-hydrogen) atoms. The molecule has 0 spiro atoms. The first-order valence-electron chi connectivity index (χ1n) is 4.44. The van der Waals surface area contributed by atoms with Crippen LogP contribution in [-0.2, 0) is 4.79 Å². The summed E-state index contributed by atoms with van der Waals surface area (Å²) in [7, 11) is 1.57. The molecule has 0 aliphatic heterocycles. The van der Waals surface area contributed by atoms with E-state index < -0.39 is 5.97 Å². The molecule has 1 aromatic rings. The fraction of sp³-hybridized carbons (Fsp3) is 0.400. The fourth-order valence-corrected chi connectivity index (χ4v) is 1.59. The SMILES string of the molecule is COc1cncc([C@@H]2C[C@H]2C(=O)O)c1. The summed E-state index contributed by atoms with van der Waals surface area (Å²) in [5.41, 5.74) is 0.955. The zero-order valence-corrected chi connectivity index (χ0v) is 7.80. The smallest absolute Gasteiger partial charge is 0.307 e. The van der Waals surface area contributed by atoms with Gasteiger partial charge in [-0.2, -0.15) is 0 Å². The number of pyridine rings is 1. The molecule has 0 saturated heterocycles. The molecular weight excluding hydrogens is 182 g/mol. The van der Waals surface area contributed by atoms with Crippen molar-refractivity contribution in [2.24, 2.45) is 5.92 Å². The summed E-state index contributed by atoms with van der Waals surface area (Å²) in [5, 5.41) is 8.76. The van der Waals surface area contributed by atoms with E-state index in [0.29, 0.717) is 12.2 Å². The zero-order valence-electron chi connectivity index (χ0n) is 7.80. The predicted octanol–water partition coefficient (Wildman–Crippen LogP) is 1.28. The van der Waals surface area contributed by atoms with Gasteiger partial charge in [0.05, 0.1) is 19.2 Å². The Kier molecular flexibility index (Phi) is 2.11. The van der Waals surface area contributed by atoms with Crippen molar-refractivity contribution in [2.45, 2.75) is 12.3 Å². The molecule has 1 fully saturated rings. The summed E-state index contributed by atoms with van der Waals surface area (Å²) in [6.45, 7) is 0. The first kappa shape index (κ1) is 8.99. The van der Waals surface area contributed by atoms with E-state index in [0.717, 1.165) is 5.56 Å². The Morgan fingerprint density at radius 2 is 2.43 bits per heavy atom. The highest BCUT2D eigenvalue weighted by molar-refractivity contribution is 5.75. The van der Waals surface area contributed by atoms with Crippen molar-refractivity contribution in [1.29, 1.82) is 0 Å². The highest BCUT2D eigenvalue weighted by atomic mass is 16.5. The number of hydrogen-bond acceptors (Lipinski definition) is 3. The summed E-state index contributed by atoms with van der Waals surface area (Å²) in [4.78, 5) is 14.6. The van der Waals surface area contributed by atoms with E-state index in [-0.39, 0.29) is 11.8 Å². The van der Waals surface area contributed by atoms with Crippen LogP contribution < -0.4 is 4.74 Å². The molecule has 0 radical (unpaired) electrons. The van der Waals surface area contributed by atoms with Gasteiger partial charge in [0.1, 0.15) is 5.75 Å². The second-order valence-electron chi connectivity index (χ2n) is 3.45. The van der Waals surface area contributed by atoms with E-state index in [1.165, 1.54) is 0 Å². The molecule has 0 bridgehead atoms. The van der Waals surface area contributed by atoms with Gasteiger partial charge in [0.25, 0.3) is 0 Å². The van der Waals surface area contributed by atoms with E-state index in [9.17, 15) is 4.79 Å². The molecule has 2 atom stereocenters. The lowest BCUT2D eigenvalue weighted by Crippen LogP contribution is -1.99. The molecule has 4 nitrogen and oxygen atoms in total. The highest BCUT2D eigenvalue weighted by Gasteiger charge is 2.44. The van der Waals surface area contributed by atoms with Crippen LogP contribution in [0, 0.1) is 5.92 Å². The van der Waals surface area contributed by atoms with E-state index in [1.807, 2.05) is 6.07 Å². The molecule has 0 aromatic carbocycles. The molecule has 1 N–H and O–H groups in total. The molecule has 0 amide bonds. The highest BCUT2D eigenvalue weighted by Crippen LogP contribution is 2.47. The second-order valence-corrected chi connectivity index (χ2v) is 3.45. The predicted molar refractivity (Wildman–Crippen MR) is 49.3 cm³/mol. The molecule has 4 heteroatoms. The van der Waals surface area contributed by atoms with Crippen LogP contribution in [0.1, 0.15) is 17.9 Å². The quantitative estimate of drug-likeness (QED) is 0.785. The van der Waals surface area contributed by atoms with Crippen LogP contribution in [0.4, 0.5) is 0 Å². The number of hydrogen-bond donors (Lipinski definition) is 1. The number of carboxylic acid groups (broad SMARTS) is 1. The molecule has 1 saturated carbocycles. The van der Waals surface area contributed by atoms with Crippen molar-refractivity contribution < 1.29 is 14.6 Å². The zero-order chi connectivity index (χ0) is 10.1. The number of nitrogens with zero attached hydrogens (tertiary/aromatic N) is 1. The number of aliphatic carboxylic acids is 1. The lowest BCUT2D eigenvalue weighted by Gasteiger charge is -2.01. The number of ether oxygens (including phenoxy) is 1. The molecule has 0 unspecified atom stereocenters. The van der Waals surface area contributed by atoms with Gasteiger partial charge in [0.15, 0.2) is 0 Å². The minimum Gasteiger partial charge on any atom is -0.495 e. The Bertz CT molecular complexity index is 364. The lowest BCUT2D eigenvalue weighted by molar-refractivity contribution is -0.138. The fourth-order valence-electron chi connectivity index (χ4n) is 1.59. The molecule has 1 aromatic heterocycles. The van der Waals surface area contributed by atoms with Crippen LogP contribution in [0.3, 0.4) is 0 Å². The first-order valence-corrected chi connectivity index (χ1v) is 4.44. The Balaban J connectivity index is 2.15. The van der Waals surface area contributed by atoms with Crippen molar-refractivity contribution >= 4 is 5.97 Å². The number of methoxy groups -OCH3 is 1. The first-order chi connectivity index (χ1) is 6.72. The van der Waals surface area contributed by atoms with Gasteiger partial charge in [-0.05, 0) is 24.0 Å². The standard InChI is InChI=1S/C10H11NO3/c1-14-7-2-6(4-11-5-7)8-3-9(8)10(12)13/h2,4-5,8-9H,3H2,1H3,(H,12,13)/t8-,9+/m0/s1. The number of aromatic nitrogens is 1. The second kappa shape index (κ2) is 3.29. The Morgan fingerprint density at radius 3 is 3.00 bits per heavy atom. The van der Waals surface area contributed by atoms with Gasteiger partial charge in [-0.3, -0.25) is 9.78 Å². The van der Waals surface area contributed by atoms with Crippen LogP contribution in [0.2, 0.25) is 0 Å². The Labute approximate surface area is 81.5 Å². The minimum atomic E-state index is -0.724. The molecule has 1 aliphatic carbocycles. The van der Waals surface area contributed by atoms with Gasteiger partial charge >= 0.3 is 5.97 Å². The normalized spacial score (nSPS) is 24.4. The van der Waals surface area contributed by atoms with Crippen LogP contribution in [-0.4, -0.2) is 23.2 Å². The third-order valence-electron chi connectivity index (χ3n) is 2.51. The van der Waals surface area contributed by atoms with Gasteiger partial charge in [-0.25, -0.2) is 0 Å². The summed E-state index contributed by atoms with van der Waals surface area (Å²) >= 11 is 0. The Hall–Kier alpha value is -1.58. The third kappa shape index (κ3) is 1.55. The number of carboxylic acids is 1. The lowest BCUT2D eigenvalue weighted by atomic mass is 10.1. The molecule has 2 rings (SSSR count). The van der Waals surface area contributed by atoms with Crippen LogP contribution in [0.25, 0.3) is 0 Å². The van der Waals surface area contributed by atoms with Gasteiger partial charge in [0, 0.05) is 6.20 Å². The maximum Gasteiger partial charge on any atom is 0.307 e. The molecule has 1 heterocycles. The van der Waals surface area contributed by atoms with Crippen molar-refractivity contribution in [1.82, 2.24) is 4.98 Å². The maximum atomic E-state index is 10.6. The monoisotopic (exact) mass is 193 g/mol. The molecular formula is C10H11NO3. The van der Waals surface area contributed by atoms with Gasteiger partial charge in [0.2, 0.25) is 0 Å². The average molecular weight is 193 g/mol. The van der Waals surface area contributed by atoms with E-state index in [4.69, 9.17) is 9.84 Å². The maximum absolute atomic E-state index is 10.6. The van der Waals surface area contributed by atoms with Crippen molar-refractivity contribution in [3.63, 3.8) is 0 Å². The molecule has 1 aliphatic rings. The van der Waals surface area contributed by atoms with Crippen LogP contribution >= 0.6 is 0 Å². The van der Waals surface area contributed by atoms with Crippen molar-refractivity contribution in [3.05, 3.63) is 24.0 Å². The van der Waals surface area contributed by atoms with Gasteiger partial charge in [-0.1, -0.05) is 0 Å². The van der Waals surface area contributed by atoms with Crippen LogP contribution in [0.15, 0.2) is 18.5 Å².